The molecule has 0 aliphatic rings. The second-order valence-electron chi connectivity index (χ2n) is 4.79. The zero-order valence-corrected chi connectivity index (χ0v) is 13.2. The Bertz CT molecular complexity index is 905. The van der Waals surface area contributed by atoms with E-state index in [0.29, 0.717) is 5.65 Å². The van der Waals surface area contributed by atoms with Gasteiger partial charge in [0.2, 0.25) is 5.95 Å². The van der Waals surface area contributed by atoms with Crippen LogP contribution in [0, 0.1) is 6.92 Å². The number of nitrogens with one attached hydrogen (secondary N) is 1. The van der Waals surface area contributed by atoms with Crippen molar-refractivity contribution in [2.75, 3.05) is 5.73 Å². The largest absolute Gasteiger partial charge is 0.369 e. The fourth-order valence-electron chi connectivity index (χ4n) is 2.07. The third-order valence-electron chi connectivity index (χ3n) is 3.13. The van der Waals surface area contributed by atoms with Gasteiger partial charge in [-0.05, 0) is 25.5 Å². The normalized spacial score (nSPS) is 10.5. The first-order valence-electron chi connectivity index (χ1n) is 7.11. The maximum atomic E-state index is 11.7. The maximum Gasteiger partial charge on any atom is 0.280 e. The van der Waals surface area contributed by atoms with Crippen molar-refractivity contribution in [1.29, 1.82) is 0 Å². The Hall–Kier alpha value is -3.15. The number of rotatable bonds is 2. The minimum atomic E-state index is -0.329. The van der Waals surface area contributed by atoms with Crippen LogP contribution in [0.1, 0.15) is 12.5 Å². The van der Waals surface area contributed by atoms with Crippen molar-refractivity contribution >= 4 is 17.1 Å². The first-order chi connectivity index (χ1) is 11.1. The van der Waals surface area contributed by atoms with Gasteiger partial charge in [0.05, 0.1) is 5.69 Å². The van der Waals surface area contributed by atoms with E-state index in [9.17, 15) is 4.79 Å². The molecular weight excluding hydrogens is 290 g/mol. The molecule has 0 aliphatic carbocycles. The van der Waals surface area contributed by atoms with Gasteiger partial charge in [-0.3, -0.25) is 14.3 Å². The molecule has 0 bridgehead atoms. The smallest absolute Gasteiger partial charge is 0.280 e. The Morgan fingerprint density at radius 1 is 1.35 bits per heavy atom. The molecule has 2 heterocycles. The standard InChI is InChI=1S/C12H11N5O.C5H8/c1-7-4-2-3-5-8(7)17-6-14-9-10(17)15-12(13)16-11(9)18;1-3-5-4-2/h2-6H,1H3,(H3,13,15,16,18);3-5H,1H2,2H3/b;5-4-. The summed E-state index contributed by atoms with van der Waals surface area (Å²) in [5.74, 6) is 0.0860. The quantitative estimate of drug-likeness (QED) is 0.712. The van der Waals surface area contributed by atoms with Gasteiger partial charge in [-0.25, -0.2) is 4.98 Å². The summed E-state index contributed by atoms with van der Waals surface area (Å²) >= 11 is 0. The van der Waals surface area contributed by atoms with Crippen molar-refractivity contribution in [3.05, 3.63) is 71.3 Å². The molecule has 0 saturated heterocycles. The van der Waals surface area contributed by atoms with E-state index >= 15 is 0 Å². The number of nitrogens with two attached hydrogens (primary N) is 1. The van der Waals surface area contributed by atoms with Crippen LogP contribution in [0.3, 0.4) is 0 Å². The summed E-state index contributed by atoms with van der Waals surface area (Å²) < 4.78 is 1.76. The molecule has 0 spiro atoms. The number of nitrogen functional groups attached to an aromatic ring is 1. The van der Waals surface area contributed by atoms with Crippen LogP contribution < -0.4 is 11.3 Å². The summed E-state index contributed by atoms with van der Waals surface area (Å²) in [5, 5.41) is 0. The fourth-order valence-corrected chi connectivity index (χ4v) is 2.07. The second kappa shape index (κ2) is 7.22. The van der Waals surface area contributed by atoms with Gasteiger partial charge in [-0.2, -0.15) is 4.98 Å². The van der Waals surface area contributed by atoms with E-state index in [1.54, 1.807) is 17.0 Å². The molecule has 0 amide bonds. The van der Waals surface area contributed by atoms with Gasteiger partial charge in [0.25, 0.3) is 5.56 Å². The highest BCUT2D eigenvalue weighted by Gasteiger charge is 2.11. The van der Waals surface area contributed by atoms with Crippen molar-refractivity contribution < 1.29 is 0 Å². The van der Waals surface area contributed by atoms with Crippen molar-refractivity contribution in [2.45, 2.75) is 13.8 Å². The molecule has 0 atom stereocenters. The molecule has 3 aromatic rings. The Kier molecular flexibility index (Phi) is 5.09. The molecule has 0 saturated carbocycles. The number of aromatic amines is 1. The van der Waals surface area contributed by atoms with E-state index in [1.807, 2.05) is 50.3 Å². The highest BCUT2D eigenvalue weighted by Crippen LogP contribution is 2.17. The number of aryl methyl sites for hydroxylation is 1. The van der Waals surface area contributed by atoms with Crippen LogP contribution in [0.4, 0.5) is 5.95 Å². The van der Waals surface area contributed by atoms with Crippen molar-refractivity contribution in [2.24, 2.45) is 0 Å². The highest BCUT2D eigenvalue weighted by molar-refractivity contribution is 5.73. The molecule has 23 heavy (non-hydrogen) atoms. The van der Waals surface area contributed by atoms with Crippen LogP contribution in [0.25, 0.3) is 16.9 Å². The van der Waals surface area contributed by atoms with E-state index in [1.165, 1.54) is 0 Å². The molecule has 6 nitrogen and oxygen atoms in total. The minimum absolute atomic E-state index is 0.0860. The van der Waals surface area contributed by atoms with Crippen LogP contribution >= 0.6 is 0 Å². The van der Waals surface area contributed by atoms with Gasteiger partial charge in [0.1, 0.15) is 6.33 Å². The number of benzene rings is 1. The van der Waals surface area contributed by atoms with Crippen LogP contribution in [0.15, 0.2) is 60.2 Å². The molecule has 6 heteroatoms. The predicted octanol–water partition coefficient (Wildman–Crippen LogP) is 2.75. The lowest BCUT2D eigenvalue weighted by Crippen LogP contribution is -2.12. The molecule has 0 fully saturated rings. The number of hydrogen-bond donors (Lipinski definition) is 2. The lowest BCUT2D eigenvalue weighted by Gasteiger charge is -2.06. The Morgan fingerprint density at radius 3 is 2.70 bits per heavy atom. The van der Waals surface area contributed by atoms with Gasteiger partial charge >= 0.3 is 0 Å². The van der Waals surface area contributed by atoms with Crippen LogP contribution in [0.2, 0.25) is 0 Å². The van der Waals surface area contributed by atoms with E-state index in [4.69, 9.17) is 5.73 Å². The van der Waals surface area contributed by atoms with Gasteiger partial charge in [0, 0.05) is 0 Å². The number of para-hydroxylation sites is 1. The van der Waals surface area contributed by atoms with Gasteiger partial charge in [-0.1, -0.05) is 43.0 Å². The van der Waals surface area contributed by atoms with Crippen LogP contribution in [-0.2, 0) is 0 Å². The van der Waals surface area contributed by atoms with Crippen LogP contribution in [0.5, 0.6) is 0 Å². The maximum absolute atomic E-state index is 11.7. The number of hydrogen-bond acceptors (Lipinski definition) is 4. The van der Waals surface area contributed by atoms with E-state index < -0.39 is 0 Å². The summed E-state index contributed by atoms with van der Waals surface area (Å²) in [7, 11) is 0. The lowest BCUT2D eigenvalue weighted by molar-refractivity contribution is 1.05. The predicted molar refractivity (Wildman–Crippen MR) is 93.6 cm³/mol. The first-order valence-corrected chi connectivity index (χ1v) is 7.11. The number of imidazole rings is 1. The van der Waals surface area contributed by atoms with E-state index in [2.05, 4.69) is 21.5 Å². The number of allylic oxidation sites excluding steroid dienone is 3. The molecule has 118 valence electrons. The number of nitrogens with zero attached hydrogens (tertiary/aromatic N) is 3. The number of fused-ring (bicyclic) bond motifs is 1. The monoisotopic (exact) mass is 309 g/mol. The number of H-pyrrole nitrogens is 1. The molecular formula is C17H19N5O. The molecule has 0 aliphatic heterocycles. The van der Waals surface area contributed by atoms with Gasteiger partial charge in [0.15, 0.2) is 11.2 Å². The topological polar surface area (TPSA) is 89.6 Å². The molecule has 3 rings (SSSR count). The second-order valence-corrected chi connectivity index (χ2v) is 4.79. The van der Waals surface area contributed by atoms with E-state index in [0.717, 1.165) is 11.3 Å². The third kappa shape index (κ3) is 3.55. The molecule has 2 aromatic heterocycles. The summed E-state index contributed by atoms with van der Waals surface area (Å²) in [4.78, 5) is 22.3. The summed E-state index contributed by atoms with van der Waals surface area (Å²) in [5.41, 5.74) is 7.98. The summed E-state index contributed by atoms with van der Waals surface area (Å²) in [6, 6.07) is 7.80. The SMILES string of the molecule is C=C/C=C\C.Cc1ccccc1-n1cnc2c(=O)[nH]c(N)nc21. The zero-order valence-electron chi connectivity index (χ0n) is 13.2. The highest BCUT2D eigenvalue weighted by atomic mass is 16.1. The Morgan fingerprint density at radius 2 is 2.09 bits per heavy atom. The Balaban J connectivity index is 0.000000338. The van der Waals surface area contributed by atoms with Crippen LogP contribution in [-0.4, -0.2) is 19.5 Å². The number of anilines is 1. The molecule has 3 N–H and O–H groups in total. The minimum Gasteiger partial charge on any atom is -0.369 e. The Labute approximate surface area is 134 Å². The molecule has 0 unspecified atom stereocenters. The molecule has 1 aromatic carbocycles. The zero-order chi connectivity index (χ0) is 16.8. The van der Waals surface area contributed by atoms with Crippen molar-refractivity contribution in [1.82, 2.24) is 19.5 Å². The number of aromatic nitrogens is 4. The van der Waals surface area contributed by atoms with Crippen molar-refractivity contribution in [3.8, 4) is 5.69 Å². The molecule has 0 radical (unpaired) electrons. The average Bonchev–Trinajstić information content (AvgIpc) is 2.93. The lowest BCUT2D eigenvalue weighted by atomic mass is 10.2. The summed E-state index contributed by atoms with van der Waals surface area (Å²) in [6.45, 7) is 7.41. The average molecular weight is 309 g/mol. The third-order valence-corrected chi connectivity index (χ3v) is 3.13. The fraction of sp³-hybridized carbons (Fsp3) is 0.118. The summed E-state index contributed by atoms with van der Waals surface area (Å²) in [6.07, 6.45) is 7.15. The first kappa shape index (κ1) is 16.2. The van der Waals surface area contributed by atoms with Gasteiger partial charge in [-0.15, -0.1) is 0 Å². The van der Waals surface area contributed by atoms with Crippen molar-refractivity contribution in [3.63, 3.8) is 0 Å². The van der Waals surface area contributed by atoms with Gasteiger partial charge < -0.3 is 5.73 Å². The van der Waals surface area contributed by atoms with E-state index in [-0.39, 0.29) is 17.0 Å².